The zero-order valence-electron chi connectivity index (χ0n) is 6.25. The molecule has 0 fully saturated rings. The van der Waals surface area contributed by atoms with Crippen molar-refractivity contribution in [1.82, 2.24) is 0 Å². The molecule has 0 saturated carbocycles. The second kappa shape index (κ2) is 2.24. The van der Waals surface area contributed by atoms with Crippen molar-refractivity contribution in [2.24, 2.45) is 0 Å². The molecule has 1 aliphatic rings. The number of nitrogen functional groups attached to an aromatic ring is 1. The van der Waals surface area contributed by atoms with E-state index in [1.165, 1.54) is 5.56 Å². The van der Waals surface area contributed by atoms with Gasteiger partial charge in [-0.05, 0) is 36.1 Å². The third-order valence-corrected chi connectivity index (χ3v) is 2.22. The van der Waals surface area contributed by atoms with Crippen LogP contribution < -0.4 is 5.73 Å². The number of nitrogens with two attached hydrogens (primary N) is 1. The maximum atomic E-state index is 9.45. The molecule has 1 aromatic carbocycles. The number of aryl methyl sites for hydroxylation is 1. The molecule has 2 rings (SSSR count). The van der Waals surface area contributed by atoms with Crippen LogP contribution in [-0.4, -0.2) is 5.11 Å². The fraction of sp³-hybridized carbons (Fsp3) is 0.333. The number of anilines is 1. The molecular weight excluding hydrogens is 138 g/mol. The third-order valence-electron chi connectivity index (χ3n) is 2.22. The molecule has 0 aliphatic heterocycles. The third kappa shape index (κ3) is 0.994. The van der Waals surface area contributed by atoms with Gasteiger partial charge in [-0.3, -0.25) is 0 Å². The topological polar surface area (TPSA) is 46.2 Å². The molecule has 0 saturated heterocycles. The van der Waals surface area contributed by atoms with E-state index < -0.39 is 0 Å². The van der Waals surface area contributed by atoms with E-state index in [9.17, 15) is 5.11 Å². The van der Waals surface area contributed by atoms with Gasteiger partial charge in [0.15, 0.2) is 0 Å². The molecule has 0 bridgehead atoms. The van der Waals surface area contributed by atoms with Gasteiger partial charge >= 0.3 is 0 Å². The van der Waals surface area contributed by atoms with Crippen molar-refractivity contribution in [3.63, 3.8) is 0 Å². The number of hydrogen-bond donors (Lipinski definition) is 2. The zero-order valence-corrected chi connectivity index (χ0v) is 6.25. The van der Waals surface area contributed by atoms with Gasteiger partial charge in [0.1, 0.15) is 0 Å². The molecule has 0 aromatic heterocycles. The van der Waals surface area contributed by atoms with Crippen LogP contribution in [0.4, 0.5) is 5.69 Å². The average Bonchev–Trinajstić information content (AvgIpc) is 2.33. The quantitative estimate of drug-likeness (QED) is 0.545. The van der Waals surface area contributed by atoms with Crippen LogP contribution in [0.2, 0.25) is 0 Å². The summed E-state index contributed by atoms with van der Waals surface area (Å²) >= 11 is 0. The van der Waals surface area contributed by atoms with Crippen molar-refractivity contribution in [3.8, 4) is 0 Å². The highest BCUT2D eigenvalue weighted by molar-refractivity contribution is 5.47. The summed E-state index contributed by atoms with van der Waals surface area (Å²) in [6.07, 6.45) is 1.55. The fourth-order valence-corrected chi connectivity index (χ4v) is 1.60. The van der Waals surface area contributed by atoms with Crippen LogP contribution in [0.5, 0.6) is 0 Å². The summed E-state index contributed by atoms with van der Waals surface area (Å²) in [6.45, 7) is 0. The smallest absolute Gasteiger partial charge is 0.0796 e. The lowest BCUT2D eigenvalue weighted by atomic mass is 10.1. The first-order valence-electron chi connectivity index (χ1n) is 3.84. The molecule has 2 nitrogen and oxygen atoms in total. The standard InChI is InChI=1S/C9H11NO/c10-7-3-1-6-2-4-9(11)8(6)5-7/h1,3,5,9,11H,2,4,10H2/t9-/m1/s1. The highest BCUT2D eigenvalue weighted by Crippen LogP contribution is 2.31. The van der Waals surface area contributed by atoms with Crippen molar-refractivity contribution in [3.05, 3.63) is 29.3 Å². The first kappa shape index (κ1) is 6.68. The number of benzene rings is 1. The predicted octanol–water partition coefficient (Wildman–Crippen LogP) is 1.25. The predicted molar refractivity (Wildman–Crippen MR) is 44.1 cm³/mol. The van der Waals surface area contributed by atoms with Crippen LogP contribution in [0.3, 0.4) is 0 Å². The van der Waals surface area contributed by atoms with E-state index in [0.29, 0.717) is 0 Å². The normalized spacial score (nSPS) is 21.7. The summed E-state index contributed by atoms with van der Waals surface area (Å²) < 4.78 is 0. The number of rotatable bonds is 0. The van der Waals surface area contributed by atoms with Crippen molar-refractivity contribution < 1.29 is 5.11 Å². The number of hydrogen-bond acceptors (Lipinski definition) is 2. The largest absolute Gasteiger partial charge is 0.399 e. The summed E-state index contributed by atoms with van der Waals surface area (Å²) in [5, 5.41) is 9.45. The minimum absolute atomic E-state index is 0.284. The zero-order chi connectivity index (χ0) is 7.84. The number of fused-ring (bicyclic) bond motifs is 1. The molecule has 2 heteroatoms. The van der Waals surface area contributed by atoms with Crippen LogP contribution in [0.1, 0.15) is 23.7 Å². The summed E-state index contributed by atoms with van der Waals surface area (Å²) in [4.78, 5) is 0. The lowest BCUT2D eigenvalue weighted by Gasteiger charge is -2.03. The van der Waals surface area contributed by atoms with Crippen LogP contribution in [0.15, 0.2) is 18.2 Å². The Labute approximate surface area is 65.7 Å². The van der Waals surface area contributed by atoms with E-state index in [2.05, 4.69) is 0 Å². The molecule has 0 amide bonds. The Balaban J connectivity index is 2.52. The van der Waals surface area contributed by atoms with Crippen LogP contribution in [0.25, 0.3) is 0 Å². The van der Waals surface area contributed by atoms with Gasteiger partial charge in [0.25, 0.3) is 0 Å². The average molecular weight is 149 g/mol. The number of aliphatic hydroxyl groups is 1. The van der Waals surface area contributed by atoms with Gasteiger partial charge in [0, 0.05) is 5.69 Å². The van der Waals surface area contributed by atoms with Gasteiger partial charge in [-0.2, -0.15) is 0 Å². The van der Waals surface area contributed by atoms with Gasteiger partial charge in [0.05, 0.1) is 6.10 Å². The Morgan fingerprint density at radius 3 is 3.09 bits per heavy atom. The molecule has 1 atom stereocenters. The minimum Gasteiger partial charge on any atom is -0.399 e. The molecule has 1 aliphatic carbocycles. The molecule has 0 unspecified atom stereocenters. The molecular formula is C9H11NO. The maximum absolute atomic E-state index is 9.45. The van der Waals surface area contributed by atoms with Crippen LogP contribution in [0, 0.1) is 0 Å². The van der Waals surface area contributed by atoms with Crippen molar-refractivity contribution in [2.45, 2.75) is 18.9 Å². The highest BCUT2D eigenvalue weighted by atomic mass is 16.3. The first-order chi connectivity index (χ1) is 5.27. The van der Waals surface area contributed by atoms with E-state index in [1.54, 1.807) is 0 Å². The van der Waals surface area contributed by atoms with Gasteiger partial charge in [-0.15, -0.1) is 0 Å². The van der Waals surface area contributed by atoms with E-state index >= 15 is 0 Å². The second-order valence-corrected chi connectivity index (χ2v) is 3.01. The molecule has 0 spiro atoms. The van der Waals surface area contributed by atoms with Crippen LogP contribution >= 0.6 is 0 Å². The second-order valence-electron chi connectivity index (χ2n) is 3.01. The van der Waals surface area contributed by atoms with E-state index in [0.717, 1.165) is 24.1 Å². The summed E-state index contributed by atoms with van der Waals surface area (Å²) in [7, 11) is 0. The maximum Gasteiger partial charge on any atom is 0.0796 e. The van der Waals surface area contributed by atoms with Crippen LogP contribution in [-0.2, 0) is 6.42 Å². The fourth-order valence-electron chi connectivity index (χ4n) is 1.60. The molecule has 0 heterocycles. The van der Waals surface area contributed by atoms with Gasteiger partial charge in [0.2, 0.25) is 0 Å². The van der Waals surface area contributed by atoms with E-state index in [1.807, 2.05) is 18.2 Å². The van der Waals surface area contributed by atoms with E-state index in [4.69, 9.17) is 5.73 Å². The lowest BCUT2D eigenvalue weighted by Crippen LogP contribution is -1.92. The summed E-state index contributed by atoms with van der Waals surface area (Å²) in [5.74, 6) is 0. The summed E-state index contributed by atoms with van der Waals surface area (Å²) in [6, 6.07) is 5.75. The van der Waals surface area contributed by atoms with E-state index in [-0.39, 0.29) is 6.10 Å². The first-order valence-corrected chi connectivity index (χ1v) is 3.84. The molecule has 1 aromatic rings. The molecule has 0 radical (unpaired) electrons. The molecule has 3 N–H and O–H groups in total. The molecule has 58 valence electrons. The molecule has 11 heavy (non-hydrogen) atoms. The SMILES string of the molecule is Nc1ccc2c(c1)[C@H](O)CC2. The van der Waals surface area contributed by atoms with Crippen molar-refractivity contribution >= 4 is 5.69 Å². The van der Waals surface area contributed by atoms with Gasteiger partial charge in [-0.25, -0.2) is 0 Å². The lowest BCUT2D eigenvalue weighted by molar-refractivity contribution is 0.180. The Hall–Kier alpha value is -1.02. The Kier molecular flexibility index (Phi) is 1.36. The van der Waals surface area contributed by atoms with Crippen molar-refractivity contribution in [1.29, 1.82) is 0 Å². The Bertz CT molecular complexity index is 283. The number of aliphatic hydroxyl groups excluding tert-OH is 1. The summed E-state index contributed by atoms with van der Waals surface area (Å²) in [5.41, 5.74) is 8.58. The van der Waals surface area contributed by atoms with Gasteiger partial charge in [-0.1, -0.05) is 6.07 Å². The van der Waals surface area contributed by atoms with Crippen molar-refractivity contribution in [2.75, 3.05) is 5.73 Å². The highest BCUT2D eigenvalue weighted by Gasteiger charge is 2.19. The Morgan fingerprint density at radius 1 is 1.45 bits per heavy atom. The van der Waals surface area contributed by atoms with Gasteiger partial charge < -0.3 is 10.8 Å². The Morgan fingerprint density at radius 2 is 2.27 bits per heavy atom. The minimum atomic E-state index is -0.284. The monoisotopic (exact) mass is 149 g/mol.